The van der Waals surface area contributed by atoms with Gasteiger partial charge in [0.15, 0.2) is 0 Å². The van der Waals surface area contributed by atoms with Gasteiger partial charge in [-0.2, -0.15) is 4.72 Å². The van der Waals surface area contributed by atoms with Crippen LogP contribution in [0.4, 0.5) is 10.1 Å². The molecule has 9 heteroatoms. The van der Waals surface area contributed by atoms with Crippen LogP contribution in [-0.2, 0) is 21.2 Å². The summed E-state index contributed by atoms with van der Waals surface area (Å²) in [7, 11) is -2.44. The lowest BCUT2D eigenvalue weighted by Gasteiger charge is -2.37. The van der Waals surface area contributed by atoms with E-state index in [2.05, 4.69) is 9.62 Å². The Labute approximate surface area is 211 Å². The molecule has 0 aliphatic carbocycles. The molecule has 36 heavy (non-hydrogen) atoms. The van der Waals surface area contributed by atoms with Crippen molar-refractivity contribution in [2.24, 2.45) is 0 Å². The number of methoxy groups -OCH3 is 1. The Morgan fingerprint density at radius 2 is 1.67 bits per heavy atom. The predicted molar refractivity (Wildman–Crippen MR) is 137 cm³/mol. The minimum absolute atomic E-state index is 0.0767. The van der Waals surface area contributed by atoms with Crippen LogP contribution in [0.15, 0.2) is 77.7 Å². The van der Waals surface area contributed by atoms with Crippen LogP contribution in [0.1, 0.15) is 11.1 Å². The highest BCUT2D eigenvalue weighted by Crippen LogP contribution is 2.22. The smallest absolute Gasteiger partial charge is 0.241 e. The average molecular weight is 512 g/mol. The van der Waals surface area contributed by atoms with Crippen LogP contribution < -0.4 is 14.4 Å². The van der Waals surface area contributed by atoms with Crippen LogP contribution in [0.3, 0.4) is 0 Å². The minimum Gasteiger partial charge on any atom is -0.496 e. The zero-order chi connectivity index (χ0) is 25.7. The summed E-state index contributed by atoms with van der Waals surface area (Å²) in [5, 5.41) is 0. The summed E-state index contributed by atoms with van der Waals surface area (Å²) in [6.45, 7) is 3.78. The van der Waals surface area contributed by atoms with Gasteiger partial charge in [0.25, 0.3) is 0 Å². The maximum Gasteiger partial charge on any atom is 0.241 e. The first-order valence-corrected chi connectivity index (χ1v) is 13.3. The largest absolute Gasteiger partial charge is 0.496 e. The number of anilines is 1. The molecule has 0 unspecified atom stereocenters. The van der Waals surface area contributed by atoms with E-state index >= 15 is 0 Å². The summed E-state index contributed by atoms with van der Waals surface area (Å²) < 4.78 is 47.7. The lowest BCUT2D eigenvalue weighted by molar-refractivity contribution is -0.133. The number of rotatable bonds is 8. The third-order valence-electron chi connectivity index (χ3n) is 6.34. The lowest BCUT2D eigenvalue weighted by Crippen LogP contribution is -2.55. The molecule has 1 heterocycles. The van der Waals surface area contributed by atoms with Gasteiger partial charge in [-0.1, -0.05) is 30.3 Å². The molecular formula is C27H30FN3O4S. The summed E-state index contributed by atoms with van der Waals surface area (Å²) in [5.74, 6) is 0.0203. The first-order chi connectivity index (χ1) is 17.3. The van der Waals surface area contributed by atoms with E-state index in [1.807, 2.05) is 30.3 Å². The summed E-state index contributed by atoms with van der Waals surface area (Å²) in [6, 6.07) is 19.3. The van der Waals surface area contributed by atoms with Crippen molar-refractivity contribution >= 4 is 21.6 Å². The Hall–Kier alpha value is -3.43. The molecule has 1 aliphatic heterocycles. The van der Waals surface area contributed by atoms with Gasteiger partial charge < -0.3 is 14.5 Å². The van der Waals surface area contributed by atoms with Gasteiger partial charge in [0, 0.05) is 31.9 Å². The molecule has 3 aromatic carbocycles. The molecule has 0 radical (unpaired) electrons. The number of ether oxygens (including phenoxy) is 1. The van der Waals surface area contributed by atoms with Gasteiger partial charge >= 0.3 is 0 Å². The van der Waals surface area contributed by atoms with Gasteiger partial charge in [0.05, 0.1) is 12.0 Å². The van der Waals surface area contributed by atoms with Gasteiger partial charge in [0.2, 0.25) is 15.9 Å². The standard InChI is InChI=1S/C27H30FN3O4S/c1-20-18-24(12-13-26(20)35-2)36(33,34)29-25(19-21-6-4-3-5-7-21)27(32)31-16-14-30(15-17-31)23-10-8-22(28)9-11-23/h3-13,18,25,29H,14-17,19H2,1-2H3/t25-/m0/s1. The van der Waals surface area contributed by atoms with Crippen LogP contribution >= 0.6 is 0 Å². The van der Waals surface area contributed by atoms with Crippen LogP contribution in [-0.4, -0.2) is 58.6 Å². The summed E-state index contributed by atoms with van der Waals surface area (Å²) in [4.78, 5) is 17.4. The monoisotopic (exact) mass is 511 g/mol. The van der Waals surface area contributed by atoms with Gasteiger partial charge in [-0.25, -0.2) is 12.8 Å². The molecule has 190 valence electrons. The number of hydrogen-bond acceptors (Lipinski definition) is 5. The molecule has 4 rings (SSSR count). The summed E-state index contributed by atoms with van der Waals surface area (Å²) in [6.07, 6.45) is 0.228. The highest BCUT2D eigenvalue weighted by molar-refractivity contribution is 7.89. The van der Waals surface area contributed by atoms with E-state index in [1.165, 1.54) is 31.4 Å². The number of carbonyl (C=O) groups is 1. The van der Waals surface area contributed by atoms with E-state index in [1.54, 1.807) is 30.0 Å². The topological polar surface area (TPSA) is 78.9 Å². The van der Waals surface area contributed by atoms with E-state index in [0.717, 1.165) is 11.3 Å². The zero-order valence-electron chi connectivity index (χ0n) is 20.4. The van der Waals surface area contributed by atoms with Crippen molar-refractivity contribution in [3.8, 4) is 5.75 Å². The van der Waals surface area contributed by atoms with Gasteiger partial charge in [-0.3, -0.25) is 4.79 Å². The third-order valence-corrected chi connectivity index (χ3v) is 7.81. The molecular weight excluding hydrogens is 481 g/mol. The molecule has 0 saturated carbocycles. The van der Waals surface area contributed by atoms with Crippen LogP contribution in [0.25, 0.3) is 0 Å². The second-order valence-electron chi connectivity index (χ2n) is 8.78. The maximum absolute atomic E-state index is 13.6. The number of carbonyl (C=O) groups excluding carboxylic acids is 1. The molecule has 3 aromatic rings. The van der Waals surface area contributed by atoms with Crippen molar-refractivity contribution in [3.63, 3.8) is 0 Å². The molecule has 0 bridgehead atoms. The zero-order valence-corrected chi connectivity index (χ0v) is 21.2. The Kier molecular flexibility index (Phi) is 7.91. The molecule has 1 N–H and O–H groups in total. The second kappa shape index (κ2) is 11.1. The Morgan fingerprint density at radius 1 is 1.00 bits per heavy atom. The van der Waals surface area contributed by atoms with Gasteiger partial charge in [-0.05, 0) is 66.9 Å². The molecule has 0 aromatic heterocycles. The molecule has 1 atom stereocenters. The van der Waals surface area contributed by atoms with Crippen molar-refractivity contribution in [2.45, 2.75) is 24.3 Å². The highest BCUT2D eigenvalue weighted by Gasteiger charge is 2.31. The number of halogens is 1. The molecule has 1 saturated heterocycles. The number of nitrogens with one attached hydrogen (secondary N) is 1. The van der Waals surface area contributed by atoms with Crippen molar-refractivity contribution in [3.05, 3.63) is 89.7 Å². The second-order valence-corrected chi connectivity index (χ2v) is 10.5. The summed E-state index contributed by atoms with van der Waals surface area (Å²) >= 11 is 0. The fraction of sp³-hybridized carbons (Fsp3) is 0.296. The van der Waals surface area contributed by atoms with E-state index in [-0.39, 0.29) is 23.0 Å². The fourth-order valence-corrected chi connectivity index (χ4v) is 5.63. The Bertz CT molecular complexity index is 1290. The number of piperazine rings is 1. The number of amides is 1. The molecule has 1 fully saturated rings. The Balaban J connectivity index is 1.52. The Morgan fingerprint density at radius 3 is 2.28 bits per heavy atom. The van der Waals surface area contributed by atoms with E-state index in [0.29, 0.717) is 37.5 Å². The lowest BCUT2D eigenvalue weighted by atomic mass is 10.1. The molecule has 7 nitrogen and oxygen atoms in total. The van der Waals surface area contributed by atoms with Gasteiger partial charge in [-0.15, -0.1) is 0 Å². The van der Waals surface area contributed by atoms with Crippen LogP contribution in [0.2, 0.25) is 0 Å². The number of aryl methyl sites for hydroxylation is 1. The van der Waals surface area contributed by atoms with E-state index < -0.39 is 16.1 Å². The summed E-state index contributed by atoms with van der Waals surface area (Å²) in [5.41, 5.74) is 2.43. The van der Waals surface area contributed by atoms with Gasteiger partial charge in [0.1, 0.15) is 17.6 Å². The van der Waals surface area contributed by atoms with Crippen molar-refractivity contribution in [1.29, 1.82) is 0 Å². The molecule has 1 amide bonds. The quantitative estimate of drug-likeness (QED) is 0.502. The maximum atomic E-state index is 13.6. The number of sulfonamides is 1. The molecule has 1 aliphatic rings. The molecule has 0 spiro atoms. The van der Waals surface area contributed by atoms with Crippen LogP contribution in [0, 0.1) is 12.7 Å². The number of nitrogens with zero attached hydrogens (tertiary/aromatic N) is 2. The number of hydrogen-bond donors (Lipinski definition) is 1. The first kappa shape index (κ1) is 25.7. The van der Waals surface area contributed by atoms with E-state index in [4.69, 9.17) is 4.74 Å². The SMILES string of the molecule is COc1ccc(S(=O)(=O)N[C@@H](Cc2ccccc2)C(=O)N2CCN(c3ccc(F)cc3)CC2)cc1C. The normalized spacial score (nSPS) is 15.0. The third kappa shape index (κ3) is 6.03. The number of benzene rings is 3. The predicted octanol–water partition coefficient (Wildman–Crippen LogP) is 3.38. The van der Waals surface area contributed by atoms with Crippen molar-refractivity contribution in [1.82, 2.24) is 9.62 Å². The van der Waals surface area contributed by atoms with Crippen molar-refractivity contribution in [2.75, 3.05) is 38.2 Å². The fourth-order valence-electron chi connectivity index (χ4n) is 4.36. The average Bonchev–Trinajstić information content (AvgIpc) is 2.89. The first-order valence-electron chi connectivity index (χ1n) is 11.8. The van der Waals surface area contributed by atoms with E-state index in [9.17, 15) is 17.6 Å². The minimum atomic E-state index is -3.97. The highest BCUT2D eigenvalue weighted by atomic mass is 32.2. The van der Waals surface area contributed by atoms with Crippen LogP contribution in [0.5, 0.6) is 5.75 Å². The van der Waals surface area contributed by atoms with Crippen molar-refractivity contribution < 1.29 is 22.3 Å².